The van der Waals surface area contributed by atoms with Crippen molar-refractivity contribution in [2.45, 2.75) is 71.2 Å². The molecule has 3 N–H and O–H groups in total. The Morgan fingerprint density at radius 1 is 1.17 bits per heavy atom. The third-order valence-electron chi connectivity index (χ3n) is 5.27. The predicted octanol–water partition coefficient (Wildman–Crippen LogP) is 3.12. The topological polar surface area (TPSA) is 78.0 Å². The lowest BCUT2D eigenvalue weighted by atomic mass is 9.93. The molecule has 0 saturated carbocycles. The van der Waals surface area contributed by atoms with E-state index in [4.69, 9.17) is 4.74 Å². The molecule has 0 aromatic heterocycles. The van der Waals surface area contributed by atoms with Gasteiger partial charge in [0.15, 0.2) is 5.96 Å². The quantitative estimate of drug-likeness (QED) is 0.402. The molecule has 1 rings (SSSR count). The molecule has 1 fully saturated rings. The summed E-state index contributed by atoms with van der Waals surface area (Å²) in [7, 11) is 1.64. The molecule has 0 radical (unpaired) electrons. The molecule has 30 heavy (non-hydrogen) atoms. The molecule has 1 atom stereocenters. The summed E-state index contributed by atoms with van der Waals surface area (Å²) < 4.78 is 43.0. The van der Waals surface area contributed by atoms with Crippen molar-refractivity contribution in [2.24, 2.45) is 10.9 Å². The van der Waals surface area contributed by atoms with Crippen molar-refractivity contribution in [3.63, 3.8) is 0 Å². The maximum atomic E-state index is 12.5. The van der Waals surface area contributed by atoms with E-state index >= 15 is 0 Å². The number of guanidine groups is 1. The van der Waals surface area contributed by atoms with Crippen LogP contribution in [-0.4, -0.2) is 74.0 Å². The number of likely N-dealkylation sites (tertiary alicyclic amines) is 1. The Hall–Kier alpha value is -1.71. The van der Waals surface area contributed by atoms with Gasteiger partial charge in [-0.2, -0.15) is 13.2 Å². The van der Waals surface area contributed by atoms with Gasteiger partial charge in [0.05, 0.1) is 12.1 Å². The monoisotopic (exact) mass is 437 g/mol. The molecule has 1 heterocycles. The fourth-order valence-electron chi connectivity index (χ4n) is 3.43. The lowest BCUT2D eigenvalue weighted by molar-refractivity contribution is -0.143. The highest BCUT2D eigenvalue weighted by atomic mass is 19.4. The van der Waals surface area contributed by atoms with E-state index in [1.54, 1.807) is 7.05 Å². The first-order chi connectivity index (χ1) is 13.8. The van der Waals surface area contributed by atoms with Crippen LogP contribution >= 0.6 is 0 Å². The average Bonchev–Trinajstić information content (AvgIpc) is 3.04. The number of alkyl carbamates (subject to hydrolysis) is 1. The van der Waals surface area contributed by atoms with E-state index in [1.165, 1.54) is 4.90 Å². The summed E-state index contributed by atoms with van der Waals surface area (Å²) in [4.78, 5) is 17.9. The van der Waals surface area contributed by atoms with E-state index in [0.717, 1.165) is 0 Å². The fourth-order valence-corrected chi connectivity index (χ4v) is 3.43. The maximum Gasteiger partial charge on any atom is 0.408 e. The van der Waals surface area contributed by atoms with Gasteiger partial charge in [-0.05, 0) is 52.5 Å². The molecule has 1 unspecified atom stereocenters. The molecule has 7 nitrogen and oxygen atoms in total. The van der Waals surface area contributed by atoms with Crippen LogP contribution in [0.5, 0.6) is 0 Å². The highest BCUT2D eigenvalue weighted by Gasteiger charge is 2.34. The molecule has 1 saturated heterocycles. The SMILES string of the molecule is CCC(CC)(CNC(=NC)NCC1CCN(CC(F)(F)F)C1)NC(=O)OC(C)(C)C. The first-order valence-electron chi connectivity index (χ1n) is 10.6. The number of halogens is 3. The normalized spacial score (nSPS) is 19.0. The second-order valence-electron chi connectivity index (χ2n) is 8.93. The van der Waals surface area contributed by atoms with Gasteiger partial charge in [-0.15, -0.1) is 0 Å². The minimum absolute atomic E-state index is 0.132. The molecular weight excluding hydrogens is 399 g/mol. The van der Waals surface area contributed by atoms with Crippen molar-refractivity contribution in [2.75, 3.05) is 39.8 Å². The van der Waals surface area contributed by atoms with Crippen LogP contribution in [0.1, 0.15) is 53.9 Å². The van der Waals surface area contributed by atoms with Crippen LogP contribution in [-0.2, 0) is 4.74 Å². The molecule has 10 heteroatoms. The van der Waals surface area contributed by atoms with Gasteiger partial charge in [-0.25, -0.2) is 4.79 Å². The molecule has 0 spiro atoms. The molecule has 1 amide bonds. The lowest BCUT2D eigenvalue weighted by Gasteiger charge is -2.34. The maximum absolute atomic E-state index is 12.5. The number of nitrogens with one attached hydrogen (secondary N) is 3. The molecular formula is C20H38F3N5O2. The van der Waals surface area contributed by atoms with Crippen molar-refractivity contribution >= 4 is 12.1 Å². The number of hydrogen-bond acceptors (Lipinski definition) is 4. The number of hydrogen-bond donors (Lipinski definition) is 3. The number of ether oxygens (including phenoxy) is 1. The van der Waals surface area contributed by atoms with Crippen molar-refractivity contribution in [3.8, 4) is 0 Å². The second kappa shape index (κ2) is 11.1. The van der Waals surface area contributed by atoms with Gasteiger partial charge >= 0.3 is 12.3 Å². The first kappa shape index (κ1) is 26.3. The Morgan fingerprint density at radius 3 is 2.30 bits per heavy atom. The van der Waals surface area contributed by atoms with Gasteiger partial charge in [0, 0.05) is 26.7 Å². The predicted molar refractivity (Wildman–Crippen MR) is 113 cm³/mol. The van der Waals surface area contributed by atoms with Crippen LogP contribution in [0.2, 0.25) is 0 Å². The zero-order chi connectivity index (χ0) is 23.0. The van der Waals surface area contributed by atoms with Crippen molar-refractivity contribution in [3.05, 3.63) is 0 Å². The minimum atomic E-state index is -4.16. The van der Waals surface area contributed by atoms with E-state index in [-0.39, 0.29) is 5.92 Å². The number of alkyl halides is 3. The third-order valence-corrected chi connectivity index (χ3v) is 5.27. The summed E-state index contributed by atoms with van der Waals surface area (Å²) in [6.45, 7) is 10.4. The number of nitrogens with zero attached hydrogens (tertiary/aromatic N) is 2. The summed E-state index contributed by atoms with van der Waals surface area (Å²) in [5.41, 5.74) is -1.08. The third kappa shape index (κ3) is 9.86. The number of rotatable bonds is 8. The minimum Gasteiger partial charge on any atom is -0.444 e. The van der Waals surface area contributed by atoms with Gasteiger partial charge in [0.2, 0.25) is 0 Å². The lowest BCUT2D eigenvalue weighted by Crippen LogP contribution is -2.57. The highest BCUT2D eigenvalue weighted by molar-refractivity contribution is 5.79. The van der Waals surface area contributed by atoms with E-state index in [0.29, 0.717) is 51.4 Å². The molecule has 1 aliphatic rings. The van der Waals surface area contributed by atoms with E-state index in [2.05, 4.69) is 20.9 Å². The molecule has 1 aliphatic heterocycles. The smallest absolute Gasteiger partial charge is 0.408 e. The van der Waals surface area contributed by atoms with Crippen molar-refractivity contribution < 1.29 is 22.7 Å². The highest BCUT2D eigenvalue weighted by Crippen LogP contribution is 2.22. The summed E-state index contributed by atoms with van der Waals surface area (Å²) in [5, 5.41) is 9.39. The van der Waals surface area contributed by atoms with Gasteiger partial charge in [-0.1, -0.05) is 13.8 Å². The van der Waals surface area contributed by atoms with E-state index in [9.17, 15) is 18.0 Å². The fraction of sp³-hybridized carbons (Fsp3) is 0.900. The molecule has 0 aromatic carbocycles. The number of aliphatic imine (C=N–C) groups is 1. The van der Waals surface area contributed by atoms with Gasteiger partial charge < -0.3 is 20.7 Å². The van der Waals surface area contributed by atoms with Gasteiger partial charge in [-0.3, -0.25) is 9.89 Å². The Labute approximate surface area is 178 Å². The average molecular weight is 438 g/mol. The summed E-state index contributed by atoms with van der Waals surface area (Å²) in [6, 6.07) is 0. The van der Waals surface area contributed by atoms with Crippen molar-refractivity contribution in [1.29, 1.82) is 0 Å². The summed E-state index contributed by atoms with van der Waals surface area (Å²) >= 11 is 0. The van der Waals surface area contributed by atoms with Crippen LogP contribution in [0, 0.1) is 5.92 Å². The Morgan fingerprint density at radius 2 is 1.80 bits per heavy atom. The van der Waals surface area contributed by atoms with E-state index < -0.39 is 30.0 Å². The largest absolute Gasteiger partial charge is 0.444 e. The van der Waals surface area contributed by atoms with Gasteiger partial charge in [0.1, 0.15) is 5.60 Å². The molecule has 0 aliphatic carbocycles. The second-order valence-corrected chi connectivity index (χ2v) is 8.93. The van der Waals surface area contributed by atoms with Gasteiger partial charge in [0.25, 0.3) is 0 Å². The Balaban J connectivity index is 2.53. The zero-order valence-corrected chi connectivity index (χ0v) is 19.1. The summed E-state index contributed by atoms with van der Waals surface area (Å²) in [6.07, 6.45) is -2.52. The van der Waals surface area contributed by atoms with Crippen LogP contribution in [0.4, 0.5) is 18.0 Å². The Bertz CT molecular complexity index is 572. The molecule has 0 bridgehead atoms. The molecule has 0 aromatic rings. The Kier molecular flexibility index (Phi) is 9.71. The first-order valence-corrected chi connectivity index (χ1v) is 10.6. The summed E-state index contributed by atoms with van der Waals surface area (Å²) in [5.74, 6) is 0.689. The van der Waals surface area contributed by atoms with Crippen LogP contribution in [0.15, 0.2) is 4.99 Å². The number of carbonyl (C=O) groups is 1. The molecule has 176 valence electrons. The van der Waals surface area contributed by atoms with E-state index in [1.807, 2.05) is 34.6 Å². The number of amides is 1. The van der Waals surface area contributed by atoms with Crippen LogP contribution in [0.25, 0.3) is 0 Å². The van der Waals surface area contributed by atoms with Crippen LogP contribution < -0.4 is 16.0 Å². The van der Waals surface area contributed by atoms with Crippen LogP contribution in [0.3, 0.4) is 0 Å². The number of carbonyl (C=O) groups excluding carboxylic acids is 1. The standard InChI is InChI=1S/C20H38F3N5O2/c1-7-19(8-2,27-17(29)30-18(3,4)5)13-26-16(24-6)25-11-15-9-10-28(12-15)14-20(21,22)23/h15H,7-14H2,1-6H3,(H,27,29)(H2,24,25,26). The zero-order valence-electron chi connectivity index (χ0n) is 19.1. The van der Waals surface area contributed by atoms with Crippen molar-refractivity contribution in [1.82, 2.24) is 20.9 Å².